The summed E-state index contributed by atoms with van der Waals surface area (Å²) in [5, 5.41) is 6.68. The molecule has 0 bridgehead atoms. The first-order valence-corrected chi connectivity index (χ1v) is 8.04. The van der Waals surface area contributed by atoms with Crippen LogP contribution in [-0.2, 0) is 4.79 Å². The first-order chi connectivity index (χ1) is 11.0. The smallest absolute Gasteiger partial charge is 0.243 e. The van der Waals surface area contributed by atoms with Crippen molar-refractivity contribution in [1.82, 2.24) is 0 Å². The summed E-state index contributed by atoms with van der Waals surface area (Å²) in [6, 6.07) is 10.4. The molecule has 7 heteroatoms. The maximum absolute atomic E-state index is 12.0. The van der Waals surface area contributed by atoms with E-state index in [1.54, 1.807) is 0 Å². The Morgan fingerprint density at radius 2 is 1.83 bits per heavy atom. The predicted octanol–water partition coefficient (Wildman–Crippen LogP) is 5.10. The molecule has 2 aromatic carbocycles. The van der Waals surface area contributed by atoms with Gasteiger partial charge in [0, 0.05) is 11.8 Å². The number of amides is 1. The molecule has 0 aliphatic carbocycles. The zero-order valence-corrected chi connectivity index (χ0v) is 14.6. The van der Waals surface area contributed by atoms with Crippen LogP contribution >= 0.6 is 34.8 Å². The van der Waals surface area contributed by atoms with Gasteiger partial charge < -0.3 is 15.4 Å². The minimum absolute atomic E-state index is 0.0755. The number of rotatable bonds is 6. The van der Waals surface area contributed by atoms with E-state index in [9.17, 15) is 4.79 Å². The number of hydrogen-bond acceptors (Lipinski definition) is 3. The average Bonchev–Trinajstić information content (AvgIpc) is 2.51. The lowest BCUT2D eigenvalue weighted by atomic mass is 10.3. The van der Waals surface area contributed by atoms with Gasteiger partial charge in [-0.15, -0.1) is 0 Å². The van der Waals surface area contributed by atoms with E-state index in [4.69, 9.17) is 39.5 Å². The lowest BCUT2D eigenvalue weighted by Crippen LogP contribution is -2.21. The van der Waals surface area contributed by atoms with Crippen molar-refractivity contribution in [3.05, 3.63) is 51.5 Å². The Bertz CT molecular complexity index is 708. The summed E-state index contributed by atoms with van der Waals surface area (Å²) in [5.41, 5.74) is 1.20. The maximum atomic E-state index is 12.0. The summed E-state index contributed by atoms with van der Waals surface area (Å²) in [6.45, 7) is 2.57. The highest BCUT2D eigenvalue weighted by Gasteiger charge is 2.09. The van der Waals surface area contributed by atoms with Crippen LogP contribution in [-0.4, -0.2) is 19.1 Å². The molecule has 0 aliphatic heterocycles. The summed E-state index contributed by atoms with van der Waals surface area (Å²) in [7, 11) is 0. The maximum Gasteiger partial charge on any atom is 0.243 e. The molecule has 0 radical (unpaired) electrons. The third-order valence-corrected chi connectivity index (χ3v) is 3.92. The SMILES string of the molecule is CCOc1cccc(NCC(=O)Nc2cc(Cl)c(Cl)cc2Cl)c1. The number of benzene rings is 2. The van der Waals surface area contributed by atoms with E-state index < -0.39 is 0 Å². The molecule has 0 aromatic heterocycles. The zero-order valence-electron chi connectivity index (χ0n) is 12.3. The molecule has 1 amide bonds. The molecule has 23 heavy (non-hydrogen) atoms. The Morgan fingerprint density at radius 1 is 1.09 bits per heavy atom. The number of hydrogen-bond donors (Lipinski definition) is 2. The second kappa shape index (κ2) is 8.29. The van der Waals surface area contributed by atoms with Crippen molar-refractivity contribution in [2.24, 2.45) is 0 Å². The molecular formula is C16H15Cl3N2O2. The quantitative estimate of drug-likeness (QED) is 0.693. The summed E-state index contributed by atoms with van der Waals surface area (Å²) in [6.07, 6.45) is 0. The van der Waals surface area contributed by atoms with E-state index in [1.165, 1.54) is 12.1 Å². The number of anilines is 2. The monoisotopic (exact) mass is 372 g/mol. The van der Waals surface area contributed by atoms with Crippen LogP contribution in [0.1, 0.15) is 6.92 Å². The fourth-order valence-electron chi connectivity index (χ4n) is 1.86. The third kappa shape index (κ3) is 5.20. The van der Waals surface area contributed by atoms with Crippen LogP contribution in [0, 0.1) is 0 Å². The fourth-order valence-corrected chi connectivity index (χ4v) is 2.45. The van der Waals surface area contributed by atoms with E-state index in [1.807, 2.05) is 31.2 Å². The molecule has 2 aromatic rings. The van der Waals surface area contributed by atoms with Gasteiger partial charge in [0.05, 0.1) is 33.9 Å². The summed E-state index contributed by atoms with van der Waals surface area (Å²) < 4.78 is 5.40. The first-order valence-electron chi connectivity index (χ1n) is 6.90. The van der Waals surface area contributed by atoms with Crippen LogP contribution in [0.15, 0.2) is 36.4 Å². The molecule has 0 fully saturated rings. The number of halogens is 3. The molecule has 0 atom stereocenters. The van der Waals surface area contributed by atoms with E-state index in [0.717, 1.165) is 11.4 Å². The van der Waals surface area contributed by atoms with Crippen LogP contribution < -0.4 is 15.4 Å². The van der Waals surface area contributed by atoms with Gasteiger partial charge in [-0.3, -0.25) is 4.79 Å². The summed E-state index contributed by atoms with van der Waals surface area (Å²) >= 11 is 17.8. The van der Waals surface area contributed by atoms with Crippen molar-refractivity contribution in [2.45, 2.75) is 6.92 Å². The Labute approximate surface area is 149 Å². The van der Waals surface area contributed by atoms with Crippen molar-refractivity contribution >= 4 is 52.1 Å². The lowest BCUT2D eigenvalue weighted by molar-refractivity contribution is -0.114. The third-order valence-electron chi connectivity index (χ3n) is 2.88. The molecule has 0 saturated carbocycles. The topological polar surface area (TPSA) is 50.4 Å². The van der Waals surface area contributed by atoms with Gasteiger partial charge in [-0.1, -0.05) is 40.9 Å². The number of ether oxygens (including phenoxy) is 1. The second-order valence-electron chi connectivity index (χ2n) is 4.61. The minimum atomic E-state index is -0.257. The lowest BCUT2D eigenvalue weighted by Gasteiger charge is -2.11. The number of nitrogens with one attached hydrogen (secondary N) is 2. The highest BCUT2D eigenvalue weighted by molar-refractivity contribution is 6.44. The van der Waals surface area contributed by atoms with Gasteiger partial charge in [0.25, 0.3) is 0 Å². The molecule has 4 nitrogen and oxygen atoms in total. The first kappa shape index (κ1) is 17.7. The molecule has 0 heterocycles. The van der Waals surface area contributed by atoms with Crippen LogP contribution in [0.3, 0.4) is 0 Å². The Morgan fingerprint density at radius 3 is 2.57 bits per heavy atom. The molecule has 0 spiro atoms. The standard InChI is InChI=1S/C16H15Cl3N2O2/c1-2-23-11-5-3-4-10(6-11)20-9-16(22)21-15-8-13(18)12(17)7-14(15)19/h3-8,20H,2,9H2,1H3,(H,21,22). The van der Waals surface area contributed by atoms with E-state index in [2.05, 4.69) is 10.6 Å². The molecule has 2 N–H and O–H groups in total. The fraction of sp³-hybridized carbons (Fsp3) is 0.188. The van der Waals surface area contributed by atoms with Crippen LogP contribution in [0.5, 0.6) is 5.75 Å². The van der Waals surface area contributed by atoms with Crippen molar-refractivity contribution in [3.8, 4) is 5.75 Å². The van der Waals surface area contributed by atoms with Crippen molar-refractivity contribution in [2.75, 3.05) is 23.8 Å². The zero-order chi connectivity index (χ0) is 16.8. The van der Waals surface area contributed by atoms with Gasteiger partial charge in [-0.25, -0.2) is 0 Å². The Balaban J connectivity index is 1.95. The average molecular weight is 374 g/mol. The van der Waals surface area contributed by atoms with Crippen LogP contribution in [0.2, 0.25) is 15.1 Å². The van der Waals surface area contributed by atoms with Crippen LogP contribution in [0.4, 0.5) is 11.4 Å². The number of carbonyl (C=O) groups excluding carboxylic acids is 1. The van der Waals surface area contributed by atoms with Crippen molar-refractivity contribution in [3.63, 3.8) is 0 Å². The Kier molecular flexibility index (Phi) is 6.39. The summed E-state index contributed by atoms with van der Waals surface area (Å²) in [5.74, 6) is 0.484. The van der Waals surface area contributed by atoms with Crippen molar-refractivity contribution < 1.29 is 9.53 Å². The highest BCUT2D eigenvalue weighted by atomic mass is 35.5. The largest absolute Gasteiger partial charge is 0.494 e. The molecule has 2 rings (SSSR count). The summed E-state index contributed by atoms with van der Waals surface area (Å²) in [4.78, 5) is 12.0. The molecule has 0 saturated heterocycles. The normalized spacial score (nSPS) is 10.3. The van der Waals surface area contributed by atoms with E-state index >= 15 is 0 Å². The van der Waals surface area contributed by atoms with Gasteiger partial charge in [0.1, 0.15) is 5.75 Å². The molecular weight excluding hydrogens is 359 g/mol. The van der Waals surface area contributed by atoms with Gasteiger partial charge in [0.15, 0.2) is 0 Å². The Hall–Kier alpha value is -1.62. The van der Waals surface area contributed by atoms with Crippen molar-refractivity contribution in [1.29, 1.82) is 0 Å². The molecule has 122 valence electrons. The minimum Gasteiger partial charge on any atom is -0.494 e. The molecule has 0 aliphatic rings. The van der Waals surface area contributed by atoms with Gasteiger partial charge >= 0.3 is 0 Å². The van der Waals surface area contributed by atoms with E-state index in [-0.39, 0.29) is 12.5 Å². The van der Waals surface area contributed by atoms with Crippen LogP contribution in [0.25, 0.3) is 0 Å². The number of carbonyl (C=O) groups is 1. The van der Waals surface area contributed by atoms with Gasteiger partial charge in [0.2, 0.25) is 5.91 Å². The van der Waals surface area contributed by atoms with Gasteiger partial charge in [-0.05, 0) is 31.2 Å². The second-order valence-corrected chi connectivity index (χ2v) is 5.83. The molecule has 0 unspecified atom stereocenters. The van der Waals surface area contributed by atoms with Gasteiger partial charge in [-0.2, -0.15) is 0 Å². The predicted molar refractivity (Wildman–Crippen MR) is 96.2 cm³/mol. The highest BCUT2D eigenvalue weighted by Crippen LogP contribution is 2.32. The van der Waals surface area contributed by atoms with E-state index in [0.29, 0.717) is 27.4 Å².